The van der Waals surface area contributed by atoms with Crippen LogP contribution in [0.25, 0.3) is 0 Å². The van der Waals surface area contributed by atoms with Gasteiger partial charge < -0.3 is 9.84 Å². The average Bonchev–Trinajstić information content (AvgIpc) is 2.72. The lowest BCUT2D eigenvalue weighted by Gasteiger charge is -2.22. The molecule has 0 aromatic carbocycles. The number of aryl methyl sites for hydroxylation is 2. The van der Waals surface area contributed by atoms with Gasteiger partial charge in [0.2, 0.25) is 5.89 Å². The molecule has 0 saturated carbocycles. The summed E-state index contributed by atoms with van der Waals surface area (Å²) in [7, 11) is 0. The molecule has 1 fully saturated rings. The summed E-state index contributed by atoms with van der Waals surface area (Å²) < 4.78 is 5.06. The molecule has 4 nitrogen and oxygen atoms in total. The van der Waals surface area contributed by atoms with E-state index in [1.807, 2.05) is 6.92 Å². The minimum Gasteiger partial charge on any atom is -0.339 e. The maximum Gasteiger partial charge on any atom is 0.226 e. The molecular weight excluding hydrogens is 258 g/mol. The van der Waals surface area contributed by atoms with Crippen molar-refractivity contribution in [3.63, 3.8) is 0 Å². The lowest BCUT2D eigenvalue weighted by Crippen LogP contribution is -2.33. The van der Waals surface area contributed by atoms with Crippen LogP contribution in [0.15, 0.2) is 4.52 Å². The molecule has 6 heteroatoms. The summed E-state index contributed by atoms with van der Waals surface area (Å²) in [6.07, 6.45) is 4.58. The van der Waals surface area contributed by atoms with Crippen molar-refractivity contribution in [2.45, 2.75) is 38.6 Å². The third-order valence-corrected chi connectivity index (χ3v) is 3.84. The first-order valence-electron chi connectivity index (χ1n) is 5.95. The van der Waals surface area contributed by atoms with Crippen molar-refractivity contribution in [1.29, 1.82) is 0 Å². The van der Waals surface area contributed by atoms with Crippen LogP contribution in [0, 0.1) is 6.92 Å². The van der Waals surface area contributed by atoms with E-state index >= 15 is 0 Å². The second-order valence-corrected chi connectivity index (χ2v) is 5.40. The molecule has 0 radical (unpaired) electrons. The Balaban J connectivity index is 0.00000144. The zero-order valence-electron chi connectivity index (χ0n) is 10.1. The van der Waals surface area contributed by atoms with Gasteiger partial charge in [-0.1, -0.05) is 5.16 Å². The summed E-state index contributed by atoms with van der Waals surface area (Å²) >= 11 is 2.06. The number of halogens is 1. The van der Waals surface area contributed by atoms with E-state index in [9.17, 15) is 0 Å². The van der Waals surface area contributed by atoms with Gasteiger partial charge in [0, 0.05) is 12.5 Å². The number of thioether (sulfide) groups is 1. The second-order valence-electron chi connectivity index (χ2n) is 4.18. The molecule has 1 aliphatic rings. The fraction of sp³-hybridized carbons (Fsp3) is 0.818. The zero-order valence-corrected chi connectivity index (χ0v) is 11.8. The van der Waals surface area contributed by atoms with E-state index in [1.54, 1.807) is 0 Å². The highest BCUT2D eigenvalue weighted by atomic mass is 35.5. The summed E-state index contributed by atoms with van der Waals surface area (Å²) in [6, 6.07) is 0.727. The summed E-state index contributed by atoms with van der Waals surface area (Å²) in [6.45, 7) is 2.90. The van der Waals surface area contributed by atoms with Gasteiger partial charge in [-0.05, 0) is 44.2 Å². The van der Waals surface area contributed by atoms with E-state index in [0.717, 1.165) is 37.1 Å². The van der Waals surface area contributed by atoms with Crippen molar-refractivity contribution in [2.75, 3.05) is 18.1 Å². The topological polar surface area (TPSA) is 51.0 Å². The minimum atomic E-state index is 0. The minimum absolute atomic E-state index is 0. The van der Waals surface area contributed by atoms with E-state index in [2.05, 4.69) is 27.2 Å². The first-order valence-corrected chi connectivity index (χ1v) is 7.10. The maximum atomic E-state index is 5.06. The summed E-state index contributed by atoms with van der Waals surface area (Å²) in [5, 5.41) is 7.37. The van der Waals surface area contributed by atoms with Gasteiger partial charge in [0.15, 0.2) is 5.82 Å². The van der Waals surface area contributed by atoms with Crippen molar-refractivity contribution in [1.82, 2.24) is 15.5 Å². The van der Waals surface area contributed by atoms with Gasteiger partial charge in [-0.2, -0.15) is 16.7 Å². The molecule has 0 bridgehead atoms. The van der Waals surface area contributed by atoms with Crippen molar-refractivity contribution in [3.05, 3.63) is 11.7 Å². The van der Waals surface area contributed by atoms with Crippen LogP contribution in [0.4, 0.5) is 0 Å². The van der Waals surface area contributed by atoms with Gasteiger partial charge >= 0.3 is 0 Å². The van der Waals surface area contributed by atoms with Gasteiger partial charge in [0.1, 0.15) is 0 Å². The SMILES string of the molecule is Cc1noc(CCCNC2CCSCC2)n1.Cl. The van der Waals surface area contributed by atoms with Crippen LogP contribution in [-0.2, 0) is 6.42 Å². The Bertz CT molecular complexity index is 315. The highest BCUT2D eigenvalue weighted by Gasteiger charge is 2.12. The number of hydrogen-bond acceptors (Lipinski definition) is 5. The van der Waals surface area contributed by atoms with Crippen LogP contribution < -0.4 is 5.32 Å². The van der Waals surface area contributed by atoms with Crippen LogP contribution in [0.1, 0.15) is 31.0 Å². The number of nitrogens with one attached hydrogen (secondary N) is 1. The molecule has 1 aliphatic heterocycles. The maximum absolute atomic E-state index is 5.06. The summed E-state index contributed by atoms with van der Waals surface area (Å²) in [5.41, 5.74) is 0. The molecule has 1 saturated heterocycles. The predicted octanol–water partition coefficient (Wildman–Crippen LogP) is 2.22. The summed E-state index contributed by atoms with van der Waals surface area (Å²) in [5.74, 6) is 4.10. The van der Waals surface area contributed by atoms with Crippen LogP contribution in [-0.4, -0.2) is 34.2 Å². The predicted molar refractivity (Wildman–Crippen MR) is 73.0 cm³/mol. The molecule has 2 rings (SSSR count). The Labute approximate surface area is 113 Å². The normalized spacial score (nSPS) is 16.8. The van der Waals surface area contributed by atoms with Gasteiger partial charge in [0.05, 0.1) is 0 Å². The zero-order chi connectivity index (χ0) is 11.2. The second kappa shape index (κ2) is 7.95. The standard InChI is InChI=1S/C11H19N3OS.ClH/c1-9-13-11(15-14-9)3-2-6-12-10-4-7-16-8-5-10;/h10,12H,2-8H2,1H3;1H. The number of hydrogen-bond donors (Lipinski definition) is 1. The van der Waals surface area contributed by atoms with Gasteiger partial charge in [-0.25, -0.2) is 0 Å². The molecule has 17 heavy (non-hydrogen) atoms. The molecule has 1 aromatic heterocycles. The van der Waals surface area contributed by atoms with Gasteiger partial charge in [-0.3, -0.25) is 0 Å². The van der Waals surface area contributed by atoms with Crippen molar-refractivity contribution >= 4 is 24.2 Å². The van der Waals surface area contributed by atoms with Crippen LogP contribution in [0.3, 0.4) is 0 Å². The molecule has 0 unspecified atom stereocenters. The van der Waals surface area contributed by atoms with Crippen molar-refractivity contribution < 1.29 is 4.52 Å². The molecule has 0 spiro atoms. The first-order chi connectivity index (χ1) is 7.84. The molecule has 0 atom stereocenters. The Kier molecular flexibility index (Phi) is 6.92. The molecular formula is C11H20ClN3OS. The fourth-order valence-corrected chi connectivity index (χ4v) is 3.00. The third kappa shape index (κ3) is 5.27. The third-order valence-electron chi connectivity index (χ3n) is 2.79. The lowest BCUT2D eigenvalue weighted by atomic mass is 10.1. The Hall–Kier alpha value is -0.260. The highest BCUT2D eigenvalue weighted by molar-refractivity contribution is 7.99. The van der Waals surface area contributed by atoms with Gasteiger partial charge in [0.25, 0.3) is 0 Å². The molecule has 98 valence electrons. The van der Waals surface area contributed by atoms with E-state index < -0.39 is 0 Å². The van der Waals surface area contributed by atoms with Crippen molar-refractivity contribution in [2.24, 2.45) is 0 Å². The molecule has 0 amide bonds. The van der Waals surface area contributed by atoms with Crippen molar-refractivity contribution in [3.8, 4) is 0 Å². The highest BCUT2D eigenvalue weighted by Crippen LogP contribution is 2.16. The van der Waals surface area contributed by atoms with Crippen LogP contribution in [0.5, 0.6) is 0 Å². The Morgan fingerprint density at radius 3 is 2.82 bits per heavy atom. The molecule has 1 N–H and O–H groups in total. The number of nitrogens with zero attached hydrogens (tertiary/aromatic N) is 2. The van der Waals surface area contributed by atoms with Crippen LogP contribution in [0.2, 0.25) is 0 Å². The largest absolute Gasteiger partial charge is 0.339 e. The van der Waals surface area contributed by atoms with E-state index in [1.165, 1.54) is 24.3 Å². The monoisotopic (exact) mass is 277 g/mol. The average molecular weight is 278 g/mol. The fourth-order valence-electron chi connectivity index (χ4n) is 1.89. The molecule has 0 aliphatic carbocycles. The van der Waals surface area contributed by atoms with Gasteiger partial charge in [-0.15, -0.1) is 12.4 Å². The van der Waals surface area contributed by atoms with E-state index in [0.29, 0.717) is 0 Å². The molecule has 1 aromatic rings. The van der Waals surface area contributed by atoms with E-state index in [-0.39, 0.29) is 12.4 Å². The smallest absolute Gasteiger partial charge is 0.226 e. The first kappa shape index (κ1) is 14.8. The Morgan fingerprint density at radius 1 is 1.41 bits per heavy atom. The number of rotatable bonds is 5. The molecule has 2 heterocycles. The summed E-state index contributed by atoms with van der Waals surface area (Å²) in [4.78, 5) is 4.19. The van der Waals surface area contributed by atoms with E-state index in [4.69, 9.17) is 4.52 Å². The van der Waals surface area contributed by atoms with Crippen LogP contribution >= 0.6 is 24.2 Å². The number of aromatic nitrogens is 2. The Morgan fingerprint density at radius 2 is 2.18 bits per heavy atom. The lowest BCUT2D eigenvalue weighted by molar-refractivity contribution is 0.368. The quantitative estimate of drug-likeness (QED) is 0.837.